The fraction of sp³-hybridized carbons (Fsp3) is 0.0952. The molecule has 1 aromatic heterocycles. The average Bonchev–Trinajstić information content (AvgIpc) is 2.68. The number of benzene rings is 3. The van der Waals surface area contributed by atoms with E-state index in [0.717, 1.165) is 21.8 Å². The van der Waals surface area contributed by atoms with Crippen LogP contribution in [0.5, 0.6) is 23.0 Å². The van der Waals surface area contributed by atoms with Crippen molar-refractivity contribution in [1.29, 1.82) is 0 Å². The number of rotatable bonds is 2. The van der Waals surface area contributed by atoms with E-state index in [1.807, 2.05) is 36.4 Å². The molecular weight excluding hydrogens is 333 g/mol. The standard InChI is InChI=1S/C21H14FNO3/c22-13-5-7-14(8-6-13)26-21-15-3-1-2-4-17(15)23-18-12-20-19(11-16(18)21)24-9-10-25-20/h1-8,11-12H,9-10H2. The minimum atomic E-state index is -0.304. The van der Waals surface area contributed by atoms with Crippen LogP contribution in [0.3, 0.4) is 0 Å². The molecule has 0 fully saturated rings. The number of para-hydroxylation sites is 1. The van der Waals surface area contributed by atoms with Crippen LogP contribution in [0.4, 0.5) is 4.39 Å². The highest BCUT2D eigenvalue weighted by Gasteiger charge is 2.18. The van der Waals surface area contributed by atoms with Gasteiger partial charge in [-0.15, -0.1) is 0 Å². The number of halogens is 1. The maximum absolute atomic E-state index is 13.2. The quantitative estimate of drug-likeness (QED) is 0.474. The van der Waals surface area contributed by atoms with E-state index < -0.39 is 0 Å². The van der Waals surface area contributed by atoms with Gasteiger partial charge < -0.3 is 14.2 Å². The van der Waals surface area contributed by atoms with Gasteiger partial charge in [-0.1, -0.05) is 12.1 Å². The lowest BCUT2D eigenvalue weighted by Crippen LogP contribution is -2.15. The smallest absolute Gasteiger partial charge is 0.163 e. The van der Waals surface area contributed by atoms with E-state index in [1.165, 1.54) is 12.1 Å². The Morgan fingerprint density at radius 3 is 2.35 bits per heavy atom. The maximum atomic E-state index is 13.2. The van der Waals surface area contributed by atoms with Crippen LogP contribution in [0.15, 0.2) is 60.7 Å². The van der Waals surface area contributed by atoms with Gasteiger partial charge in [0.15, 0.2) is 11.5 Å². The summed E-state index contributed by atoms with van der Waals surface area (Å²) >= 11 is 0. The Morgan fingerprint density at radius 2 is 1.54 bits per heavy atom. The Labute approximate surface area is 148 Å². The molecule has 3 aromatic carbocycles. The highest BCUT2D eigenvalue weighted by atomic mass is 19.1. The lowest BCUT2D eigenvalue weighted by Gasteiger charge is -2.20. The fourth-order valence-electron chi connectivity index (χ4n) is 3.12. The summed E-state index contributed by atoms with van der Waals surface area (Å²) < 4.78 is 30.7. The zero-order valence-corrected chi connectivity index (χ0v) is 13.7. The first-order chi connectivity index (χ1) is 12.8. The Kier molecular flexibility index (Phi) is 3.38. The normalized spacial score (nSPS) is 13.1. The minimum Gasteiger partial charge on any atom is -0.486 e. The molecule has 0 N–H and O–H groups in total. The summed E-state index contributed by atoms with van der Waals surface area (Å²) in [6, 6.07) is 17.5. The maximum Gasteiger partial charge on any atom is 0.163 e. The van der Waals surface area contributed by atoms with Gasteiger partial charge in [-0.25, -0.2) is 9.37 Å². The van der Waals surface area contributed by atoms with Crippen molar-refractivity contribution in [1.82, 2.24) is 4.98 Å². The Hall–Kier alpha value is -3.34. The Bertz CT molecular complexity index is 1130. The second-order valence-electron chi connectivity index (χ2n) is 6.03. The van der Waals surface area contributed by atoms with Crippen molar-refractivity contribution in [2.75, 3.05) is 13.2 Å². The highest BCUT2D eigenvalue weighted by Crippen LogP contribution is 2.41. The molecule has 0 amide bonds. The van der Waals surface area contributed by atoms with Gasteiger partial charge in [0.2, 0.25) is 0 Å². The number of nitrogens with zero attached hydrogens (tertiary/aromatic N) is 1. The topological polar surface area (TPSA) is 40.6 Å². The van der Waals surface area contributed by atoms with Crippen molar-refractivity contribution in [3.63, 3.8) is 0 Å². The second kappa shape index (κ2) is 5.88. The van der Waals surface area contributed by atoms with Gasteiger partial charge in [-0.3, -0.25) is 0 Å². The third-order valence-electron chi connectivity index (χ3n) is 4.33. The van der Waals surface area contributed by atoms with Crippen molar-refractivity contribution < 1.29 is 18.6 Å². The number of hydrogen-bond acceptors (Lipinski definition) is 4. The molecule has 1 aliphatic heterocycles. The fourth-order valence-corrected chi connectivity index (χ4v) is 3.12. The average molecular weight is 347 g/mol. The molecule has 5 heteroatoms. The molecule has 1 aliphatic rings. The Balaban J connectivity index is 1.77. The summed E-state index contributed by atoms with van der Waals surface area (Å²) in [5.74, 6) is 2.26. The van der Waals surface area contributed by atoms with E-state index in [-0.39, 0.29) is 5.82 Å². The first-order valence-electron chi connectivity index (χ1n) is 8.33. The van der Waals surface area contributed by atoms with Gasteiger partial charge in [-0.2, -0.15) is 0 Å². The second-order valence-corrected chi connectivity index (χ2v) is 6.03. The van der Waals surface area contributed by atoms with E-state index in [1.54, 1.807) is 12.1 Å². The van der Waals surface area contributed by atoms with Crippen molar-refractivity contribution in [3.8, 4) is 23.0 Å². The highest BCUT2D eigenvalue weighted by molar-refractivity contribution is 6.02. The van der Waals surface area contributed by atoms with E-state index in [9.17, 15) is 4.39 Å². The third-order valence-corrected chi connectivity index (χ3v) is 4.33. The number of ether oxygens (including phenoxy) is 3. The summed E-state index contributed by atoms with van der Waals surface area (Å²) in [5.41, 5.74) is 1.57. The Morgan fingerprint density at radius 1 is 0.808 bits per heavy atom. The number of pyridine rings is 1. The molecule has 128 valence electrons. The van der Waals surface area contributed by atoms with E-state index >= 15 is 0 Å². The molecule has 0 saturated heterocycles. The van der Waals surface area contributed by atoms with Gasteiger partial charge in [0.25, 0.3) is 0 Å². The number of fused-ring (bicyclic) bond motifs is 3. The monoisotopic (exact) mass is 347 g/mol. The summed E-state index contributed by atoms with van der Waals surface area (Å²) in [6.45, 7) is 1.03. The van der Waals surface area contributed by atoms with Crippen molar-refractivity contribution in [3.05, 3.63) is 66.5 Å². The van der Waals surface area contributed by atoms with Gasteiger partial charge >= 0.3 is 0 Å². The van der Waals surface area contributed by atoms with Crippen molar-refractivity contribution in [2.24, 2.45) is 0 Å². The molecule has 4 nitrogen and oxygen atoms in total. The third kappa shape index (κ3) is 2.49. The molecule has 0 bridgehead atoms. The first kappa shape index (κ1) is 15.0. The van der Waals surface area contributed by atoms with Crippen molar-refractivity contribution in [2.45, 2.75) is 0 Å². The van der Waals surface area contributed by atoms with E-state index in [4.69, 9.17) is 19.2 Å². The SMILES string of the molecule is Fc1ccc(Oc2c3ccccc3nc3cc4c(cc23)OCCO4)cc1. The summed E-state index contributed by atoms with van der Waals surface area (Å²) in [5, 5.41) is 1.69. The van der Waals surface area contributed by atoms with Gasteiger partial charge in [0.1, 0.15) is 30.5 Å². The van der Waals surface area contributed by atoms with Crippen LogP contribution in [0.2, 0.25) is 0 Å². The van der Waals surface area contributed by atoms with Crippen molar-refractivity contribution >= 4 is 21.8 Å². The summed E-state index contributed by atoms with van der Waals surface area (Å²) in [7, 11) is 0. The lowest BCUT2D eigenvalue weighted by atomic mass is 10.1. The van der Waals surface area contributed by atoms with Crippen LogP contribution >= 0.6 is 0 Å². The van der Waals surface area contributed by atoms with E-state index in [0.29, 0.717) is 36.2 Å². The lowest BCUT2D eigenvalue weighted by molar-refractivity contribution is 0.172. The molecule has 4 aromatic rings. The minimum absolute atomic E-state index is 0.304. The molecule has 0 atom stereocenters. The molecule has 0 saturated carbocycles. The summed E-state index contributed by atoms with van der Waals surface area (Å²) in [4.78, 5) is 4.73. The number of hydrogen-bond donors (Lipinski definition) is 0. The predicted molar refractivity (Wildman–Crippen MR) is 96.7 cm³/mol. The van der Waals surface area contributed by atoms with Crippen LogP contribution in [0.25, 0.3) is 21.8 Å². The van der Waals surface area contributed by atoms with Crippen LogP contribution < -0.4 is 14.2 Å². The predicted octanol–water partition coefficient (Wildman–Crippen LogP) is 5.09. The van der Waals surface area contributed by atoms with Gasteiger partial charge in [0, 0.05) is 16.8 Å². The van der Waals surface area contributed by atoms with Crippen LogP contribution in [0.1, 0.15) is 0 Å². The largest absolute Gasteiger partial charge is 0.486 e. The molecule has 5 rings (SSSR count). The molecule has 0 radical (unpaired) electrons. The number of aromatic nitrogens is 1. The summed E-state index contributed by atoms with van der Waals surface area (Å²) in [6.07, 6.45) is 0. The zero-order chi connectivity index (χ0) is 17.5. The molecule has 0 unspecified atom stereocenters. The van der Waals surface area contributed by atoms with Crippen LogP contribution in [0, 0.1) is 5.82 Å². The zero-order valence-electron chi connectivity index (χ0n) is 13.7. The molecular formula is C21H14FNO3. The van der Waals surface area contributed by atoms with E-state index in [2.05, 4.69) is 0 Å². The molecule has 0 spiro atoms. The first-order valence-corrected chi connectivity index (χ1v) is 8.33. The van der Waals surface area contributed by atoms with Gasteiger partial charge in [0.05, 0.1) is 11.0 Å². The molecule has 26 heavy (non-hydrogen) atoms. The van der Waals surface area contributed by atoms with Crippen LogP contribution in [-0.4, -0.2) is 18.2 Å². The molecule has 2 heterocycles. The van der Waals surface area contributed by atoms with Gasteiger partial charge in [-0.05, 0) is 42.5 Å². The van der Waals surface area contributed by atoms with Crippen LogP contribution in [-0.2, 0) is 0 Å². The molecule has 0 aliphatic carbocycles.